The second-order valence-electron chi connectivity index (χ2n) is 21.5. The van der Waals surface area contributed by atoms with Gasteiger partial charge in [0.1, 0.15) is 48.8 Å². The lowest BCUT2D eigenvalue weighted by atomic mass is 9.97. The predicted molar refractivity (Wildman–Crippen MR) is 300 cm³/mol. The van der Waals surface area contributed by atoms with Gasteiger partial charge in [-0.15, -0.1) is 0 Å². The molecule has 2 rings (SSSR count). The highest BCUT2D eigenvalue weighted by atomic mass is 16.7. The van der Waals surface area contributed by atoms with Crippen molar-refractivity contribution in [2.75, 3.05) is 19.8 Å². The summed E-state index contributed by atoms with van der Waals surface area (Å²) in [4.78, 5) is 13.3. The average Bonchev–Trinajstić information content (AvgIpc) is 3.41. The van der Waals surface area contributed by atoms with Crippen LogP contribution in [0.15, 0.2) is 48.6 Å². The molecule has 0 saturated carbocycles. The van der Waals surface area contributed by atoms with Gasteiger partial charge in [0.2, 0.25) is 5.91 Å². The molecule has 0 aromatic carbocycles. The number of unbranched alkanes of at least 4 members (excludes halogenated alkanes) is 27. The normalized spacial score (nSPS) is 25.4. The van der Waals surface area contributed by atoms with Crippen molar-refractivity contribution in [3.63, 3.8) is 0 Å². The van der Waals surface area contributed by atoms with E-state index in [-0.39, 0.29) is 18.9 Å². The minimum Gasteiger partial charge on any atom is -0.394 e. The van der Waals surface area contributed by atoms with Crippen LogP contribution in [-0.4, -0.2) is 140 Å². The Morgan fingerprint density at radius 1 is 0.493 bits per heavy atom. The molecule has 438 valence electrons. The zero-order chi connectivity index (χ0) is 54.6. The van der Waals surface area contributed by atoms with E-state index < -0.39 is 86.8 Å². The van der Waals surface area contributed by atoms with Crippen molar-refractivity contribution in [3.8, 4) is 0 Å². The second-order valence-corrected chi connectivity index (χ2v) is 21.5. The first-order chi connectivity index (χ1) is 36.6. The van der Waals surface area contributed by atoms with E-state index in [9.17, 15) is 45.6 Å². The topological polar surface area (TPSA) is 228 Å². The van der Waals surface area contributed by atoms with E-state index in [0.717, 1.165) is 77.0 Å². The van der Waals surface area contributed by atoms with E-state index >= 15 is 0 Å². The van der Waals surface area contributed by atoms with Crippen molar-refractivity contribution in [1.82, 2.24) is 5.32 Å². The number of carbonyl (C=O) groups is 1. The number of nitrogens with one attached hydrogen (secondary N) is 1. The molecule has 2 aliphatic heterocycles. The molecule has 14 nitrogen and oxygen atoms in total. The number of allylic oxidation sites excluding steroid dienone is 8. The number of hydrogen-bond acceptors (Lipinski definition) is 13. The highest BCUT2D eigenvalue weighted by Crippen LogP contribution is 2.30. The fraction of sp³-hybridized carbons (Fsp3) is 0.852. The summed E-state index contributed by atoms with van der Waals surface area (Å²) < 4.78 is 22.8. The molecule has 0 bridgehead atoms. The average molecular weight is 1070 g/mol. The van der Waals surface area contributed by atoms with Crippen LogP contribution in [0.4, 0.5) is 0 Å². The first kappa shape index (κ1) is 69.1. The maximum absolute atomic E-state index is 13.3. The number of aliphatic hydroxyl groups excluding tert-OH is 8. The summed E-state index contributed by atoms with van der Waals surface area (Å²) in [5.74, 6) is -0.229. The van der Waals surface area contributed by atoms with Crippen molar-refractivity contribution in [3.05, 3.63) is 48.6 Å². The molecule has 12 unspecified atom stereocenters. The van der Waals surface area contributed by atoms with Gasteiger partial charge < -0.3 is 65.1 Å². The minimum absolute atomic E-state index is 0.229. The third kappa shape index (κ3) is 32.6. The molecule has 2 fully saturated rings. The van der Waals surface area contributed by atoms with Gasteiger partial charge in [-0.05, 0) is 51.4 Å². The molecule has 1 amide bonds. The Morgan fingerprint density at radius 3 is 1.41 bits per heavy atom. The molecule has 9 N–H and O–H groups in total. The van der Waals surface area contributed by atoms with Gasteiger partial charge in [0.15, 0.2) is 12.6 Å². The second kappa shape index (κ2) is 46.8. The summed E-state index contributed by atoms with van der Waals surface area (Å²) in [6, 6.07) is -0.844. The van der Waals surface area contributed by atoms with Crippen molar-refractivity contribution in [2.24, 2.45) is 0 Å². The molecule has 0 spiro atoms. The third-order valence-electron chi connectivity index (χ3n) is 14.8. The first-order valence-corrected chi connectivity index (χ1v) is 30.4. The fourth-order valence-corrected chi connectivity index (χ4v) is 9.94. The van der Waals surface area contributed by atoms with E-state index in [1.54, 1.807) is 0 Å². The quantitative estimate of drug-likeness (QED) is 0.0204. The first-order valence-electron chi connectivity index (χ1n) is 30.4. The summed E-state index contributed by atoms with van der Waals surface area (Å²) in [5, 5.41) is 87.3. The zero-order valence-corrected chi connectivity index (χ0v) is 47.0. The maximum Gasteiger partial charge on any atom is 0.220 e. The summed E-state index contributed by atoms with van der Waals surface area (Å²) in [6.45, 7) is 2.74. The van der Waals surface area contributed by atoms with Gasteiger partial charge in [-0.1, -0.05) is 229 Å². The molecule has 2 saturated heterocycles. The molecule has 12 atom stereocenters. The minimum atomic E-state index is -1.79. The summed E-state index contributed by atoms with van der Waals surface area (Å²) in [5.41, 5.74) is 0. The number of carbonyl (C=O) groups excluding carboxylic acids is 1. The Labute approximate surface area is 454 Å². The van der Waals surface area contributed by atoms with E-state index in [1.165, 1.54) is 128 Å². The SMILES string of the molecule is CC/C=C\C/C=C\C/C=C\C/C=C\CCCCCCC(=O)NC(COC1OC(CO)C(OC2OC(CO)C(O)C(O)C2O)C(O)C1O)C(O)CCCCCCCCCCCCCCCCCCCCCCCCCC. The number of ether oxygens (including phenoxy) is 4. The van der Waals surface area contributed by atoms with Gasteiger partial charge in [0.25, 0.3) is 0 Å². The number of hydrogen-bond donors (Lipinski definition) is 9. The lowest BCUT2D eigenvalue weighted by Crippen LogP contribution is -2.65. The van der Waals surface area contributed by atoms with Gasteiger partial charge in [-0.25, -0.2) is 0 Å². The van der Waals surface area contributed by atoms with Crippen LogP contribution in [0.5, 0.6) is 0 Å². The van der Waals surface area contributed by atoms with Gasteiger partial charge in [-0.3, -0.25) is 4.79 Å². The molecule has 75 heavy (non-hydrogen) atoms. The van der Waals surface area contributed by atoms with Crippen LogP contribution in [0.1, 0.15) is 239 Å². The van der Waals surface area contributed by atoms with Crippen LogP contribution >= 0.6 is 0 Å². The molecule has 0 radical (unpaired) electrons. The lowest BCUT2D eigenvalue weighted by Gasteiger charge is -2.46. The highest BCUT2D eigenvalue weighted by Gasteiger charge is 2.51. The number of amides is 1. The number of aliphatic hydroxyl groups is 8. The molecule has 0 aromatic heterocycles. The molecular weight excluding hydrogens is 955 g/mol. The fourth-order valence-electron chi connectivity index (χ4n) is 9.94. The molecule has 0 aliphatic carbocycles. The third-order valence-corrected chi connectivity index (χ3v) is 14.8. The molecular formula is C61H111NO13. The van der Waals surface area contributed by atoms with Gasteiger partial charge in [0, 0.05) is 6.42 Å². The summed E-state index contributed by atoms with van der Waals surface area (Å²) in [6.07, 6.45) is 41.1. The van der Waals surface area contributed by atoms with Crippen LogP contribution in [0.3, 0.4) is 0 Å². The summed E-state index contributed by atoms with van der Waals surface area (Å²) >= 11 is 0. The Kier molecular flexibility index (Phi) is 43.1. The Morgan fingerprint density at radius 2 is 0.920 bits per heavy atom. The molecule has 2 heterocycles. The summed E-state index contributed by atoms with van der Waals surface area (Å²) in [7, 11) is 0. The van der Waals surface area contributed by atoms with Crippen LogP contribution < -0.4 is 5.32 Å². The smallest absolute Gasteiger partial charge is 0.220 e. The molecule has 0 aromatic rings. The standard InChI is InChI=1S/C61H111NO13/c1-3-5-7-9-11-13-15-17-19-21-22-23-24-25-26-27-29-30-32-34-36-38-40-42-44-50(65)49(62-53(66)45-43-41-39-37-35-33-31-28-20-18-16-14-12-10-8-6-4-2)48-72-60-58(71)56(69)59(52(47-64)74-60)75-61-57(70)55(68)54(67)51(46-63)73-61/h6,8,12,14,18,20,31,33,49-52,54-61,63-65,67-71H,3-5,7,9-11,13,15-17,19,21-30,32,34-48H2,1-2H3,(H,62,66)/b8-6-,14-12-,20-18-,33-31-. The monoisotopic (exact) mass is 1070 g/mol. The van der Waals surface area contributed by atoms with Crippen LogP contribution in [0, 0.1) is 0 Å². The van der Waals surface area contributed by atoms with E-state index in [4.69, 9.17) is 18.9 Å². The van der Waals surface area contributed by atoms with E-state index in [2.05, 4.69) is 67.8 Å². The van der Waals surface area contributed by atoms with Crippen LogP contribution in [0.25, 0.3) is 0 Å². The Hall–Kier alpha value is -2.05. The van der Waals surface area contributed by atoms with Crippen molar-refractivity contribution >= 4 is 5.91 Å². The van der Waals surface area contributed by atoms with Crippen LogP contribution in [-0.2, 0) is 23.7 Å². The molecule has 2 aliphatic rings. The van der Waals surface area contributed by atoms with Crippen molar-refractivity contribution in [1.29, 1.82) is 0 Å². The van der Waals surface area contributed by atoms with Crippen LogP contribution in [0.2, 0.25) is 0 Å². The van der Waals surface area contributed by atoms with Crippen molar-refractivity contribution in [2.45, 2.75) is 312 Å². The van der Waals surface area contributed by atoms with E-state index in [0.29, 0.717) is 12.8 Å². The van der Waals surface area contributed by atoms with E-state index in [1.807, 2.05) is 0 Å². The maximum atomic E-state index is 13.3. The van der Waals surface area contributed by atoms with Gasteiger partial charge in [-0.2, -0.15) is 0 Å². The molecule has 14 heteroatoms. The largest absolute Gasteiger partial charge is 0.394 e. The van der Waals surface area contributed by atoms with Gasteiger partial charge in [0.05, 0.1) is 32.0 Å². The number of rotatable bonds is 48. The highest BCUT2D eigenvalue weighted by molar-refractivity contribution is 5.76. The van der Waals surface area contributed by atoms with Crippen molar-refractivity contribution < 1.29 is 64.6 Å². The Balaban J connectivity index is 1.74. The predicted octanol–water partition coefficient (Wildman–Crippen LogP) is 10.4. The van der Waals surface area contributed by atoms with Gasteiger partial charge >= 0.3 is 0 Å². The lowest BCUT2D eigenvalue weighted by molar-refractivity contribution is -0.359. The zero-order valence-electron chi connectivity index (χ0n) is 47.0. The Bertz CT molecular complexity index is 1440.